The van der Waals surface area contributed by atoms with Gasteiger partial charge in [0.2, 0.25) is 0 Å². The summed E-state index contributed by atoms with van der Waals surface area (Å²) in [5.41, 5.74) is 2.88. The van der Waals surface area contributed by atoms with Crippen molar-refractivity contribution in [1.82, 2.24) is 4.98 Å². The minimum absolute atomic E-state index is 0.404. The van der Waals surface area contributed by atoms with Crippen molar-refractivity contribution in [3.8, 4) is 11.3 Å². The van der Waals surface area contributed by atoms with E-state index in [-0.39, 0.29) is 0 Å². The maximum absolute atomic E-state index is 5.94. The molecule has 0 saturated carbocycles. The van der Waals surface area contributed by atoms with Crippen LogP contribution >= 0.6 is 23.2 Å². The van der Waals surface area contributed by atoms with Crippen LogP contribution in [-0.4, -0.2) is 4.98 Å². The molecule has 0 saturated heterocycles. The SMILES string of the molecule is ClCc1cc(-c2ccccc2)ncc1Cl. The number of hydrogen-bond acceptors (Lipinski definition) is 1. The molecule has 0 aliphatic heterocycles. The highest BCUT2D eigenvalue weighted by Gasteiger charge is 2.03. The van der Waals surface area contributed by atoms with Gasteiger partial charge in [0.1, 0.15) is 0 Å². The number of pyridine rings is 1. The highest BCUT2D eigenvalue weighted by Crippen LogP contribution is 2.23. The first kappa shape index (κ1) is 10.5. The van der Waals surface area contributed by atoms with Gasteiger partial charge in [-0.3, -0.25) is 4.98 Å². The predicted molar refractivity (Wildman–Crippen MR) is 64.2 cm³/mol. The second kappa shape index (κ2) is 4.65. The van der Waals surface area contributed by atoms with Crippen molar-refractivity contribution >= 4 is 23.2 Å². The van der Waals surface area contributed by atoms with Gasteiger partial charge in [-0.05, 0) is 11.6 Å². The molecule has 3 heteroatoms. The molecule has 76 valence electrons. The zero-order chi connectivity index (χ0) is 10.7. The summed E-state index contributed by atoms with van der Waals surface area (Å²) < 4.78 is 0. The molecule has 0 bridgehead atoms. The fourth-order valence-corrected chi connectivity index (χ4v) is 1.81. The normalized spacial score (nSPS) is 10.3. The van der Waals surface area contributed by atoms with Crippen LogP contribution in [0.1, 0.15) is 5.56 Å². The zero-order valence-corrected chi connectivity index (χ0v) is 9.46. The van der Waals surface area contributed by atoms with Gasteiger partial charge in [-0.15, -0.1) is 11.6 Å². The van der Waals surface area contributed by atoms with E-state index in [4.69, 9.17) is 23.2 Å². The van der Waals surface area contributed by atoms with E-state index in [1.165, 1.54) is 0 Å². The molecular weight excluding hydrogens is 229 g/mol. The number of halogens is 2. The van der Waals surface area contributed by atoms with E-state index in [0.29, 0.717) is 10.9 Å². The first-order chi connectivity index (χ1) is 7.31. The van der Waals surface area contributed by atoms with Crippen molar-refractivity contribution in [2.75, 3.05) is 0 Å². The maximum Gasteiger partial charge on any atom is 0.0706 e. The summed E-state index contributed by atoms with van der Waals surface area (Å²) in [4.78, 5) is 4.27. The largest absolute Gasteiger partial charge is 0.255 e. The summed E-state index contributed by atoms with van der Waals surface area (Å²) >= 11 is 11.7. The molecule has 1 nitrogen and oxygen atoms in total. The van der Waals surface area contributed by atoms with E-state index in [1.54, 1.807) is 6.20 Å². The Morgan fingerprint density at radius 1 is 1.13 bits per heavy atom. The van der Waals surface area contributed by atoms with Gasteiger partial charge in [-0.1, -0.05) is 41.9 Å². The van der Waals surface area contributed by atoms with Gasteiger partial charge in [0.15, 0.2) is 0 Å². The Morgan fingerprint density at radius 3 is 2.53 bits per heavy atom. The average molecular weight is 238 g/mol. The average Bonchev–Trinajstić information content (AvgIpc) is 2.31. The standard InChI is InChI=1S/C12H9Cl2N/c13-7-10-6-12(15-8-11(10)14)9-4-2-1-3-5-9/h1-6,8H,7H2. The molecule has 0 amide bonds. The summed E-state index contributed by atoms with van der Waals surface area (Å²) in [5.74, 6) is 0.404. The molecule has 0 aliphatic carbocycles. The molecule has 1 aromatic carbocycles. The summed E-state index contributed by atoms with van der Waals surface area (Å²) in [6.07, 6.45) is 1.64. The van der Waals surface area contributed by atoms with E-state index >= 15 is 0 Å². The van der Waals surface area contributed by atoms with Crippen LogP contribution in [0.2, 0.25) is 5.02 Å². The van der Waals surface area contributed by atoms with Crippen LogP contribution in [0.25, 0.3) is 11.3 Å². The van der Waals surface area contributed by atoms with Gasteiger partial charge in [0.25, 0.3) is 0 Å². The minimum atomic E-state index is 0.404. The Hall–Kier alpha value is -1.05. The quantitative estimate of drug-likeness (QED) is 0.716. The molecular formula is C12H9Cl2N. The Labute approximate surface area is 98.7 Å². The van der Waals surface area contributed by atoms with Crippen molar-refractivity contribution in [1.29, 1.82) is 0 Å². The topological polar surface area (TPSA) is 12.9 Å². The first-order valence-electron chi connectivity index (χ1n) is 4.57. The minimum Gasteiger partial charge on any atom is -0.255 e. The lowest BCUT2D eigenvalue weighted by Crippen LogP contribution is -1.87. The van der Waals surface area contributed by atoms with Crippen LogP contribution < -0.4 is 0 Å². The van der Waals surface area contributed by atoms with E-state index in [2.05, 4.69) is 4.98 Å². The smallest absolute Gasteiger partial charge is 0.0706 e. The van der Waals surface area contributed by atoms with Crippen LogP contribution in [0.3, 0.4) is 0 Å². The van der Waals surface area contributed by atoms with E-state index in [1.807, 2.05) is 36.4 Å². The third-order valence-electron chi connectivity index (χ3n) is 2.15. The van der Waals surface area contributed by atoms with Crippen LogP contribution in [0.15, 0.2) is 42.6 Å². The van der Waals surface area contributed by atoms with Crippen LogP contribution in [0, 0.1) is 0 Å². The van der Waals surface area contributed by atoms with E-state index in [9.17, 15) is 0 Å². The molecule has 15 heavy (non-hydrogen) atoms. The predicted octanol–water partition coefficient (Wildman–Crippen LogP) is 4.14. The van der Waals surface area contributed by atoms with Gasteiger partial charge in [-0.2, -0.15) is 0 Å². The number of nitrogens with zero attached hydrogens (tertiary/aromatic N) is 1. The van der Waals surface area contributed by atoms with Crippen LogP contribution in [0.5, 0.6) is 0 Å². The van der Waals surface area contributed by atoms with E-state index < -0.39 is 0 Å². The highest BCUT2D eigenvalue weighted by molar-refractivity contribution is 6.32. The monoisotopic (exact) mass is 237 g/mol. The molecule has 0 aliphatic rings. The third kappa shape index (κ3) is 2.31. The fraction of sp³-hybridized carbons (Fsp3) is 0.0833. The summed E-state index contributed by atoms with van der Waals surface area (Å²) in [5, 5.41) is 0.615. The molecule has 0 unspecified atom stereocenters. The number of benzene rings is 1. The van der Waals surface area contributed by atoms with Crippen molar-refractivity contribution < 1.29 is 0 Å². The summed E-state index contributed by atoms with van der Waals surface area (Å²) in [7, 11) is 0. The molecule has 2 rings (SSSR count). The molecule has 0 atom stereocenters. The van der Waals surface area contributed by atoms with Crippen molar-refractivity contribution in [3.63, 3.8) is 0 Å². The van der Waals surface area contributed by atoms with Crippen molar-refractivity contribution in [3.05, 3.63) is 53.2 Å². The number of hydrogen-bond donors (Lipinski definition) is 0. The molecule has 0 spiro atoms. The second-order valence-corrected chi connectivity index (χ2v) is 3.84. The van der Waals surface area contributed by atoms with E-state index in [0.717, 1.165) is 16.8 Å². The van der Waals surface area contributed by atoms with Gasteiger partial charge in [0.05, 0.1) is 10.7 Å². The zero-order valence-electron chi connectivity index (χ0n) is 7.95. The Morgan fingerprint density at radius 2 is 1.87 bits per heavy atom. The van der Waals surface area contributed by atoms with Crippen LogP contribution in [0.4, 0.5) is 0 Å². The number of alkyl halides is 1. The lowest BCUT2D eigenvalue weighted by atomic mass is 10.1. The highest BCUT2D eigenvalue weighted by atomic mass is 35.5. The Kier molecular flexibility index (Phi) is 3.24. The molecule has 0 fully saturated rings. The van der Waals surface area contributed by atoms with Gasteiger partial charge in [0, 0.05) is 17.6 Å². The van der Waals surface area contributed by atoms with Crippen molar-refractivity contribution in [2.45, 2.75) is 5.88 Å². The third-order valence-corrected chi connectivity index (χ3v) is 2.78. The first-order valence-corrected chi connectivity index (χ1v) is 5.48. The Balaban J connectivity index is 2.46. The van der Waals surface area contributed by atoms with Crippen molar-refractivity contribution in [2.24, 2.45) is 0 Å². The maximum atomic E-state index is 5.94. The second-order valence-electron chi connectivity index (χ2n) is 3.16. The van der Waals surface area contributed by atoms with Gasteiger partial charge in [-0.25, -0.2) is 0 Å². The Bertz CT molecular complexity index is 454. The molecule has 0 radical (unpaired) electrons. The summed E-state index contributed by atoms with van der Waals surface area (Å²) in [6.45, 7) is 0. The number of rotatable bonds is 2. The number of aromatic nitrogens is 1. The lowest BCUT2D eigenvalue weighted by Gasteiger charge is -2.04. The van der Waals surface area contributed by atoms with Gasteiger partial charge >= 0.3 is 0 Å². The molecule has 0 N–H and O–H groups in total. The fourth-order valence-electron chi connectivity index (χ4n) is 1.35. The molecule has 1 heterocycles. The summed E-state index contributed by atoms with van der Waals surface area (Å²) in [6, 6.07) is 11.9. The molecule has 2 aromatic rings. The van der Waals surface area contributed by atoms with Crippen LogP contribution in [-0.2, 0) is 5.88 Å². The lowest BCUT2D eigenvalue weighted by molar-refractivity contribution is 1.27. The molecule has 1 aromatic heterocycles. The van der Waals surface area contributed by atoms with Gasteiger partial charge < -0.3 is 0 Å².